The van der Waals surface area contributed by atoms with Crippen LogP contribution in [0.1, 0.15) is 31.2 Å². The number of rotatable bonds is 1. The first-order valence-electron chi connectivity index (χ1n) is 7.48. The van der Waals surface area contributed by atoms with E-state index in [0.29, 0.717) is 18.0 Å². The number of carbonyl (C=O) groups is 1. The third-order valence-corrected chi connectivity index (χ3v) is 4.99. The molecule has 1 aromatic carbocycles. The third kappa shape index (κ3) is 1.79. The number of nitrogens with one attached hydrogen (secondary N) is 1. The fourth-order valence-electron chi connectivity index (χ4n) is 4.06. The van der Waals surface area contributed by atoms with E-state index in [0.717, 1.165) is 31.5 Å². The van der Waals surface area contributed by atoms with Crippen LogP contribution in [0, 0.1) is 5.92 Å². The van der Waals surface area contributed by atoms with Gasteiger partial charge >= 0.3 is 0 Å². The van der Waals surface area contributed by atoms with Crippen LogP contribution in [0.15, 0.2) is 24.3 Å². The first kappa shape index (κ1) is 11.5. The molecular weight excluding hydrogens is 236 g/mol. The summed E-state index contributed by atoms with van der Waals surface area (Å²) >= 11 is 0. The Labute approximate surface area is 114 Å². The number of aryl methyl sites for hydroxylation is 1. The lowest BCUT2D eigenvalue weighted by molar-refractivity contribution is -0.123. The molecule has 1 aromatic rings. The predicted molar refractivity (Wildman–Crippen MR) is 75.2 cm³/mol. The maximum Gasteiger partial charge on any atom is 0.231 e. The molecule has 1 N–H and O–H groups in total. The predicted octanol–water partition coefficient (Wildman–Crippen LogP) is 2.11. The average Bonchev–Trinajstić information content (AvgIpc) is 3.08. The number of carbonyl (C=O) groups excluding carboxylic acids is 1. The van der Waals surface area contributed by atoms with E-state index >= 15 is 0 Å². The molecule has 3 atom stereocenters. The van der Waals surface area contributed by atoms with Crippen LogP contribution in [0.4, 0.5) is 5.69 Å². The van der Waals surface area contributed by atoms with E-state index in [-0.39, 0.29) is 5.92 Å². The zero-order valence-electron chi connectivity index (χ0n) is 11.1. The molecule has 2 bridgehead atoms. The minimum atomic E-state index is 0.213. The van der Waals surface area contributed by atoms with Crippen molar-refractivity contribution in [3.8, 4) is 0 Å². The molecular formula is C16H20N2O. The number of fused-ring (bicyclic) bond motifs is 3. The van der Waals surface area contributed by atoms with Crippen molar-refractivity contribution in [2.45, 2.75) is 44.2 Å². The standard InChI is InChI=1S/C16H20N2O/c19-16(13-10-12-7-8-14(13)17-12)18-9-3-5-11-4-1-2-6-15(11)18/h1-2,4,6,12-14,17H,3,5,7-10H2. The minimum Gasteiger partial charge on any atom is -0.312 e. The lowest BCUT2D eigenvalue weighted by Crippen LogP contribution is -2.43. The summed E-state index contributed by atoms with van der Waals surface area (Å²) in [5.41, 5.74) is 2.49. The fourth-order valence-corrected chi connectivity index (χ4v) is 4.06. The second-order valence-electron chi connectivity index (χ2n) is 6.11. The Morgan fingerprint density at radius 3 is 2.95 bits per heavy atom. The van der Waals surface area contributed by atoms with E-state index in [4.69, 9.17) is 0 Å². The Kier molecular flexibility index (Phi) is 2.62. The second kappa shape index (κ2) is 4.34. The summed E-state index contributed by atoms with van der Waals surface area (Å²) < 4.78 is 0. The Hall–Kier alpha value is -1.35. The third-order valence-electron chi connectivity index (χ3n) is 4.99. The van der Waals surface area contributed by atoms with Crippen molar-refractivity contribution in [3.05, 3.63) is 29.8 Å². The fraction of sp³-hybridized carbons (Fsp3) is 0.562. The molecule has 3 aliphatic rings. The Bertz CT molecular complexity index is 513. The van der Waals surface area contributed by atoms with Crippen molar-refractivity contribution in [3.63, 3.8) is 0 Å². The lowest BCUT2D eigenvalue weighted by Gasteiger charge is -2.33. The van der Waals surface area contributed by atoms with E-state index < -0.39 is 0 Å². The molecule has 0 radical (unpaired) electrons. The van der Waals surface area contributed by atoms with Gasteiger partial charge in [0, 0.05) is 24.3 Å². The molecule has 3 aliphatic heterocycles. The van der Waals surface area contributed by atoms with Crippen molar-refractivity contribution < 1.29 is 4.79 Å². The molecule has 0 aliphatic carbocycles. The van der Waals surface area contributed by atoms with Gasteiger partial charge in [-0.1, -0.05) is 18.2 Å². The SMILES string of the molecule is O=C(C1CC2CCC1N2)N1CCCc2ccccc21. The largest absolute Gasteiger partial charge is 0.312 e. The number of para-hydroxylation sites is 1. The van der Waals surface area contributed by atoms with Gasteiger partial charge in [0.05, 0.1) is 5.92 Å². The summed E-state index contributed by atoms with van der Waals surface area (Å²) in [6.07, 6.45) is 5.68. The molecule has 3 nitrogen and oxygen atoms in total. The zero-order valence-corrected chi connectivity index (χ0v) is 11.1. The summed E-state index contributed by atoms with van der Waals surface area (Å²) in [6, 6.07) is 9.42. The van der Waals surface area contributed by atoms with Crippen LogP contribution in [-0.2, 0) is 11.2 Å². The summed E-state index contributed by atoms with van der Waals surface area (Å²) in [4.78, 5) is 14.9. The van der Waals surface area contributed by atoms with Crippen LogP contribution in [0.3, 0.4) is 0 Å². The Balaban J connectivity index is 1.61. The quantitative estimate of drug-likeness (QED) is 0.834. The molecule has 19 heavy (non-hydrogen) atoms. The molecule has 0 aromatic heterocycles. The van der Waals surface area contributed by atoms with Gasteiger partial charge in [-0.05, 0) is 43.7 Å². The van der Waals surface area contributed by atoms with Gasteiger partial charge in [-0.3, -0.25) is 4.79 Å². The first-order valence-corrected chi connectivity index (χ1v) is 7.48. The average molecular weight is 256 g/mol. The molecule has 3 unspecified atom stereocenters. The second-order valence-corrected chi connectivity index (χ2v) is 6.11. The summed E-state index contributed by atoms with van der Waals surface area (Å²) in [5, 5.41) is 3.57. The molecule has 3 heteroatoms. The van der Waals surface area contributed by atoms with Gasteiger partial charge < -0.3 is 10.2 Å². The van der Waals surface area contributed by atoms with E-state index in [1.165, 1.54) is 18.4 Å². The smallest absolute Gasteiger partial charge is 0.231 e. The van der Waals surface area contributed by atoms with Gasteiger partial charge in [0.2, 0.25) is 5.91 Å². The Morgan fingerprint density at radius 2 is 2.16 bits per heavy atom. The topological polar surface area (TPSA) is 32.3 Å². The summed E-state index contributed by atoms with van der Waals surface area (Å²) in [6.45, 7) is 0.893. The number of hydrogen-bond donors (Lipinski definition) is 1. The van der Waals surface area contributed by atoms with Crippen molar-refractivity contribution in [1.82, 2.24) is 5.32 Å². The highest BCUT2D eigenvalue weighted by atomic mass is 16.2. The van der Waals surface area contributed by atoms with E-state index in [9.17, 15) is 4.79 Å². The molecule has 100 valence electrons. The summed E-state index contributed by atoms with van der Waals surface area (Å²) in [7, 11) is 0. The minimum absolute atomic E-state index is 0.213. The Morgan fingerprint density at radius 1 is 1.26 bits per heavy atom. The van der Waals surface area contributed by atoms with E-state index in [2.05, 4.69) is 23.5 Å². The highest BCUT2D eigenvalue weighted by Crippen LogP contribution is 2.36. The summed E-state index contributed by atoms with van der Waals surface area (Å²) in [5.74, 6) is 0.566. The lowest BCUT2D eigenvalue weighted by atomic mass is 9.87. The molecule has 2 fully saturated rings. The highest BCUT2D eigenvalue weighted by molar-refractivity contribution is 5.97. The van der Waals surface area contributed by atoms with E-state index in [1.54, 1.807) is 0 Å². The number of hydrogen-bond acceptors (Lipinski definition) is 2. The molecule has 0 saturated carbocycles. The number of anilines is 1. The molecule has 0 spiro atoms. The monoisotopic (exact) mass is 256 g/mol. The van der Waals surface area contributed by atoms with Gasteiger partial charge in [-0.25, -0.2) is 0 Å². The molecule has 3 heterocycles. The van der Waals surface area contributed by atoms with E-state index in [1.807, 2.05) is 11.0 Å². The van der Waals surface area contributed by atoms with Crippen LogP contribution < -0.4 is 10.2 Å². The van der Waals surface area contributed by atoms with Crippen molar-refractivity contribution in [1.29, 1.82) is 0 Å². The first-order chi connectivity index (χ1) is 9.33. The van der Waals surface area contributed by atoms with Crippen LogP contribution in [0.2, 0.25) is 0 Å². The molecule has 1 amide bonds. The maximum absolute atomic E-state index is 12.8. The van der Waals surface area contributed by atoms with Gasteiger partial charge in [0.15, 0.2) is 0 Å². The normalized spacial score (nSPS) is 32.4. The van der Waals surface area contributed by atoms with Crippen LogP contribution in [0.25, 0.3) is 0 Å². The van der Waals surface area contributed by atoms with Crippen molar-refractivity contribution in [2.24, 2.45) is 5.92 Å². The van der Waals surface area contributed by atoms with Crippen molar-refractivity contribution in [2.75, 3.05) is 11.4 Å². The van der Waals surface area contributed by atoms with Crippen LogP contribution >= 0.6 is 0 Å². The van der Waals surface area contributed by atoms with Gasteiger partial charge in [0.1, 0.15) is 0 Å². The van der Waals surface area contributed by atoms with Crippen LogP contribution in [-0.4, -0.2) is 24.5 Å². The molecule has 4 rings (SSSR count). The van der Waals surface area contributed by atoms with Gasteiger partial charge in [-0.2, -0.15) is 0 Å². The zero-order chi connectivity index (χ0) is 12.8. The van der Waals surface area contributed by atoms with Crippen molar-refractivity contribution >= 4 is 11.6 Å². The van der Waals surface area contributed by atoms with Crippen LogP contribution in [0.5, 0.6) is 0 Å². The number of amides is 1. The van der Waals surface area contributed by atoms with Gasteiger partial charge in [-0.15, -0.1) is 0 Å². The highest BCUT2D eigenvalue weighted by Gasteiger charge is 2.44. The maximum atomic E-state index is 12.8. The molecule has 2 saturated heterocycles. The number of benzene rings is 1. The van der Waals surface area contributed by atoms with Gasteiger partial charge in [0.25, 0.3) is 0 Å². The number of nitrogens with zero attached hydrogens (tertiary/aromatic N) is 1.